The van der Waals surface area contributed by atoms with Crippen LogP contribution in [0.5, 0.6) is 0 Å². The molecule has 0 aliphatic carbocycles. The summed E-state index contributed by atoms with van der Waals surface area (Å²) in [6.45, 7) is 31.4. The van der Waals surface area contributed by atoms with Crippen molar-refractivity contribution in [2.24, 2.45) is 11.3 Å². The standard InChI is InChI=1S/C24H43N5O4.C14H17NS.C4H10.C2H4O.C2H4.CH4/c1-23(2,3)33-22(32)25-10-17-27-13-6-24(7-14-27)8-15-28(16-9-24)19-20(30)26-18-21(31)29-11-4-5-12-29;1-3-4-5-12-6-8-13(9-7-12)14-11(2)15-10-16-14;1-4(2)3;1-2-3;1-2;/h4-19H2,1-3H3,(H,25,32)(H,26,30);6-10H,3-5H2,1-2H3;4H,1-3H3;2H,1H3;1-2H2;1H4. The Morgan fingerprint density at radius 1 is 0.932 bits per heavy atom. The van der Waals surface area contributed by atoms with Crippen LogP contribution in [0.1, 0.15) is 125 Å². The molecule has 0 bridgehead atoms. The molecule has 3 aliphatic rings. The third-order valence-corrected chi connectivity index (χ3v) is 11.0. The summed E-state index contributed by atoms with van der Waals surface area (Å²) in [5, 5.41) is 5.65. The van der Waals surface area contributed by atoms with Crippen LogP contribution in [0.4, 0.5) is 4.79 Å². The number of benzene rings is 1. The Hall–Kier alpha value is -3.61. The zero-order valence-corrected chi connectivity index (χ0v) is 38.4. The van der Waals surface area contributed by atoms with Gasteiger partial charge in [-0.2, -0.15) is 0 Å². The Morgan fingerprint density at radius 3 is 1.93 bits per heavy atom. The van der Waals surface area contributed by atoms with Crippen LogP contribution in [0.25, 0.3) is 10.4 Å². The number of aryl methyl sites for hydroxylation is 2. The molecule has 0 atom stereocenters. The van der Waals surface area contributed by atoms with Gasteiger partial charge in [0.2, 0.25) is 11.8 Å². The largest absolute Gasteiger partial charge is 0.444 e. The Kier molecular flexibility index (Phi) is 28.6. The van der Waals surface area contributed by atoms with Crippen molar-refractivity contribution in [3.05, 3.63) is 54.2 Å². The zero-order valence-electron chi connectivity index (χ0n) is 37.6. The van der Waals surface area contributed by atoms with Gasteiger partial charge in [-0.15, -0.1) is 24.5 Å². The maximum atomic E-state index is 12.3. The lowest BCUT2D eigenvalue weighted by atomic mass is 9.71. The number of rotatable bonds is 11. The third-order valence-electron chi connectivity index (χ3n) is 9.97. The van der Waals surface area contributed by atoms with E-state index in [2.05, 4.69) is 97.5 Å². The van der Waals surface area contributed by atoms with Crippen LogP contribution in [-0.2, 0) is 25.5 Å². The van der Waals surface area contributed by atoms with Crippen LogP contribution < -0.4 is 10.6 Å². The molecular weight excluding hydrogens is 761 g/mol. The maximum absolute atomic E-state index is 12.3. The van der Waals surface area contributed by atoms with Crippen LogP contribution in [0.15, 0.2) is 42.9 Å². The van der Waals surface area contributed by atoms with Crippen LogP contribution in [0.2, 0.25) is 0 Å². The summed E-state index contributed by atoms with van der Waals surface area (Å²) in [5.41, 5.74) is 5.69. The number of carbonyl (C=O) groups excluding carboxylic acids is 4. The van der Waals surface area contributed by atoms with Crippen molar-refractivity contribution in [1.29, 1.82) is 0 Å². The van der Waals surface area contributed by atoms with Gasteiger partial charge in [-0.3, -0.25) is 14.5 Å². The van der Waals surface area contributed by atoms with Gasteiger partial charge in [0, 0.05) is 26.2 Å². The lowest BCUT2D eigenvalue weighted by molar-refractivity contribution is -0.132. The minimum absolute atomic E-state index is 0. The number of aldehydes is 1. The number of aromatic nitrogens is 1. The minimum Gasteiger partial charge on any atom is -0.444 e. The fraction of sp³-hybridized carbons (Fsp3) is 0.681. The summed E-state index contributed by atoms with van der Waals surface area (Å²) in [6.07, 6.45) is 10.8. The Labute approximate surface area is 363 Å². The van der Waals surface area contributed by atoms with Crippen molar-refractivity contribution in [2.45, 2.75) is 133 Å². The number of piperidine rings is 2. The van der Waals surface area contributed by atoms with E-state index in [0.29, 0.717) is 18.5 Å². The van der Waals surface area contributed by atoms with E-state index >= 15 is 0 Å². The molecule has 3 amide bonds. The van der Waals surface area contributed by atoms with Gasteiger partial charge in [-0.05, 0) is 135 Å². The van der Waals surface area contributed by atoms with Crippen molar-refractivity contribution < 1.29 is 23.9 Å². The molecule has 59 heavy (non-hydrogen) atoms. The number of ether oxygens (including phenoxy) is 1. The van der Waals surface area contributed by atoms with Gasteiger partial charge in [0.05, 0.1) is 29.2 Å². The number of alkyl carbamates (subject to hydrolysis) is 1. The summed E-state index contributed by atoms with van der Waals surface area (Å²) >= 11 is 1.72. The molecule has 1 aromatic carbocycles. The van der Waals surface area contributed by atoms with E-state index in [4.69, 9.17) is 9.53 Å². The molecule has 1 spiro atoms. The van der Waals surface area contributed by atoms with Gasteiger partial charge in [-0.1, -0.05) is 65.8 Å². The number of likely N-dealkylation sites (tertiary alicyclic amines) is 3. The van der Waals surface area contributed by atoms with Crippen LogP contribution in [-0.4, -0.2) is 115 Å². The average molecular weight is 843 g/mol. The Bertz CT molecular complexity index is 1430. The second-order valence-electron chi connectivity index (χ2n) is 16.9. The number of unbranched alkanes of at least 4 members (excludes halogenated alkanes) is 1. The smallest absolute Gasteiger partial charge is 0.407 e. The molecule has 336 valence electrons. The maximum Gasteiger partial charge on any atom is 0.407 e. The van der Waals surface area contributed by atoms with E-state index in [1.807, 2.05) is 31.2 Å². The van der Waals surface area contributed by atoms with Crippen molar-refractivity contribution in [2.75, 3.05) is 65.4 Å². The van der Waals surface area contributed by atoms with E-state index in [-0.39, 0.29) is 31.9 Å². The molecule has 1 aromatic heterocycles. The highest BCUT2D eigenvalue weighted by Gasteiger charge is 2.37. The third kappa shape index (κ3) is 23.7. The van der Waals surface area contributed by atoms with E-state index in [9.17, 15) is 14.4 Å². The first-order chi connectivity index (χ1) is 27.6. The number of hydrogen-bond acceptors (Lipinski definition) is 9. The second-order valence-corrected chi connectivity index (χ2v) is 17.8. The van der Waals surface area contributed by atoms with Crippen molar-refractivity contribution in [1.82, 2.24) is 30.3 Å². The molecule has 3 fully saturated rings. The molecule has 0 unspecified atom stereocenters. The van der Waals surface area contributed by atoms with Crippen molar-refractivity contribution >= 4 is 35.5 Å². The number of nitrogens with zero attached hydrogens (tertiary/aromatic N) is 4. The van der Waals surface area contributed by atoms with E-state index in [1.54, 1.807) is 11.3 Å². The first-order valence-corrected chi connectivity index (χ1v) is 22.3. The van der Waals surface area contributed by atoms with Gasteiger partial charge < -0.3 is 30.0 Å². The first-order valence-electron chi connectivity index (χ1n) is 21.5. The predicted molar refractivity (Wildman–Crippen MR) is 248 cm³/mol. The lowest BCUT2D eigenvalue weighted by Gasteiger charge is -2.46. The normalized spacial score (nSPS) is 15.9. The highest BCUT2D eigenvalue weighted by Crippen LogP contribution is 2.41. The number of carbonyl (C=O) groups is 4. The van der Waals surface area contributed by atoms with Gasteiger partial charge in [0.25, 0.3) is 0 Å². The molecule has 2 aromatic rings. The van der Waals surface area contributed by atoms with E-state index in [0.717, 1.165) is 89.4 Å². The molecule has 11 nitrogen and oxygen atoms in total. The summed E-state index contributed by atoms with van der Waals surface area (Å²) in [6, 6.07) is 8.91. The summed E-state index contributed by atoms with van der Waals surface area (Å²) in [4.78, 5) is 57.0. The number of amides is 3. The molecule has 2 N–H and O–H groups in total. The number of hydrogen-bond donors (Lipinski definition) is 2. The summed E-state index contributed by atoms with van der Waals surface area (Å²) < 4.78 is 5.28. The summed E-state index contributed by atoms with van der Waals surface area (Å²) in [5.74, 6) is 0.817. The van der Waals surface area contributed by atoms with Gasteiger partial charge in [0.1, 0.15) is 11.9 Å². The highest BCUT2D eigenvalue weighted by molar-refractivity contribution is 7.13. The quantitative estimate of drug-likeness (QED) is 0.170. The molecule has 4 heterocycles. The zero-order chi connectivity index (χ0) is 43.6. The average Bonchev–Trinajstić information content (AvgIpc) is 3.88. The fourth-order valence-electron chi connectivity index (χ4n) is 6.86. The van der Waals surface area contributed by atoms with Crippen LogP contribution in [0.3, 0.4) is 0 Å². The fourth-order valence-corrected chi connectivity index (χ4v) is 7.67. The van der Waals surface area contributed by atoms with Crippen LogP contribution >= 0.6 is 11.3 Å². The van der Waals surface area contributed by atoms with E-state index in [1.165, 1.54) is 55.0 Å². The molecular formula is C47H82N6O5S. The predicted octanol–water partition coefficient (Wildman–Crippen LogP) is 9.19. The lowest BCUT2D eigenvalue weighted by Crippen LogP contribution is -2.50. The van der Waals surface area contributed by atoms with Gasteiger partial charge >= 0.3 is 6.09 Å². The topological polar surface area (TPSA) is 124 Å². The molecule has 0 saturated carbocycles. The van der Waals surface area contributed by atoms with Crippen molar-refractivity contribution in [3.63, 3.8) is 0 Å². The van der Waals surface area contributed by atoms with Crippen LogP contribution in [0, 0.1) is 18.3 Å². The van der Waals surface area contributed by atoms with Gasteiger partial charge in [-0.25, -0.2) is 9.78 Å². The molecule has 0 radical (unpaired) electrons. The molecule has 3 aliphatic heterocycles. The highest BCUT2D eigenvalue weighted by atomic mass is 32.1. The first kappa shape index (κ1) is 55.4. The second kappa shape index (κ2) is 30.4. The molecule has 3 saturated heterocycles. The molecule has 12 heteroatoms. The monoisotopic (exact) mass is 843 g/mol. The SMILES string of the molecule is C.C=C.CC(C)(C)OC(=O)NCCN1CCC2(CC1)CCN(CC(=O)NCC(=O)N1CCCC1)CC2.CC(C)C.CC=O.CCCCc1ccc(-c2scnc2C)cc1. The minimum atomic E-state index is -0.470. The Balaban J connectivity index is 0.00000107. The number of nitrogens with one attached hydrogen (secondary N) is 2. The van der Waals surface area contributed by atoms with E-state index < -0.39 is 5.60 Å². The van der Waals surface area contributed by atoms with Gasteiger partial charge in [0.15, 0.2) is 0 Å². The summed E-state index contributed by atoms with van der Waals surface area (Å²) in [7, 11) is 0. The molecule has 5 rings (SSSR count). The Morgan fingerprint density at radius 2 is 1.46 bits per heavy atom. The van der Waals surface area contributed by atoms with Crippen molar-refractivity contribution in [3.8, 4) is 10.4 Å². The number of thiazole rings is 1.